The zero-order valence-corrected chi connectivity index (χ0v) is 16.4. The summed E-state index contributed by atoms with van der Waals surface area (Å²) in [5, 5.41) is 4.42. The highest BCUT2D eigenvalue weighted by atomic mass is 19.1. The van der Waals surface area contributed by atoms with Gasteiger partial charge in [0.25, 0.3) is 0 Å². The van der Waals surface area contributed by atoms with Gasteiger partial charge in [0.1, 0.15) is 5.82 Å². The molecule has 6 heteroatoms. The number of nitrogens with zero attached hydrogens (tertiary/aromatic N) is 3. The molecule has 30 heavy (non-hydrogen) atoms. The van der Waals surface area contributed by atoms with Crippen molar-refractivity contribution in [2.24, 2.45) is 5.10 Å². The van der Waals surface area contributed by atoms with Crippen molar-refractivity contribution in [2.45, 2.75) is 6.92 Å². The zero-order chi connectivity index (χ0) is 20.9. The van der Waals surface area contributed by atoms with Crippen LogP contribution in [0.3, 0.4) is 0 Å². The highest BCUT2D eigenvalue weighted by Gasteiger charge is 2.09. The third-order valence-corrected chi connectivity index (χ3v) is 4.59. The summed E-state index contributed by atoms with van der Waals surface area (Å²) < 4.78 is 13.4. The maximum absolute atomic E-state index is 13.4. The van der Waals surface area contributed by atoms with Crippen molar-refractivity contribution in [3.8, 4) is 22.5 Å². The van der Waals surface area contributed by atoms with E-state index in [4.69, 9.17) is 5.73 Å². The van der Waals surface area contributed by atoms with Gasteiger partial charge in [-0.3, -0.25) is 0 Å². The SMILES string of the molecule is CC(=NNc1nc(-c2ccccc2)cc(-c2ccc(F)cc2)n1)c1ccc(N)cc1. The molecule has 0 amide bonds. The van der Waals surface area contributed by atoms with E-state index in [2.05, 4.69) is 20.5 Å². The summed E-state index contributed by atoms with van der Waals surface area (Å²) >= 11 is 0. The molecule has 0 unspecified atom stereocenters. The zero-order valence-electron chi connectivity index (χ0n) is 16.4. The lowest BCUT2D eigenvalue weighted by molar-refractivity contribution is 0.628. The minimum absolute atomic E-state index is 0.293. The predicted molar refractivity (Wildman–Crippen MR) is 120 cm³/mol. The highest BCUT2D eigenvalue weighted by molar-refractivity contribution is 5.99. The summed E-state index contributed by atoms with van der Waals surface area (Å²) in [7, 11) is 0. The predicted octanol–water partition coefficient (Wildman–Crippen LogP) is 5.37. The van der Waals surface area contributed by atoms with Crippen LogP contribution in [0.15, 0.2) is 90.0 Å². The molecule has 0 fully saturated rings. The van der Waals surface area contributed by atoms with Crippen LogP contribution >= 0.6 is 0 Å². The van der Waals surface area contributed by atoms with E-state index < -0.39 is 0 Å². The highest BCUT2D eigenvalue weighted by Crippen LogP contribution is 2.25. The van der Waals surface area contributed by atoms with Gasteiger partial charge >= 0.3 is 0 Å². The van der Waals surface area contributed by atoms with Crippen molar-refractivity contribution in [2.75, 3.05) is 11.2 Å². The molecule has 0 atom stereocenters. The average molecular weight is 397 g/mol. The molecule has 4 rings (SSSR count). The number of hydrogen-bond donors (Lipinski definition) is 2. The molecule has 0 spiro atoms. The lowest BCUT2D eigenvalue weighted by Crippen LogP contribution is -2.04. The van der Waals surface area contributed by atoms with Crippen LogP contribution in [0.25, 0.3) is 22.5 Å². The first-order valence-corrected chi connectivity index (χ1v) is 9.45. The quantitative estimate of drug-likeness (QED) is 0.270. The van der Waals surface area contributed by atoms with Gasteiger partial charge in [0.05, 0.1) is 17.1 Å². The first kappa shape index (κ1) is 19.3. The third kappa shape index (κ3) is 4.50. The summed E-state index contributed by atoms with van der Waals surface area (Å²) in [6, 6.07) is 25.4. The second-order valence-electron chi connectivity index (χ2n) is 6.77. The summed E-state index contributed by atoms with van der Waals surface area (Å²) in [6.07, 6.45) is 0. The number of nitrogen functional groups attached to an aromatic ring is 1. The number of nitrogens with two attached hydrogens (primary N) is 1. The van der Waals surface area contributed by atoms with Gasteiger partial charge in [0, 0.05) is 16.8 Å². The van der Waals surface area contributed by atoms with Crippen LogP contribution in [0, 0.1) is 5.82 Å². The van der Waals surface area contributed by atoms with Crippen LogP contribution in [0.5, 0.6) is 0 Å². The number of aromatic nitrogens is 2. The molecule has 3 aromatic carbocycles. The van der Waals surface area contributed by atoms with Crippen LogP contribution in [-0.2, 0) is 0 Å². The van der Waals surface area contributed by atoms with E-state index in [1.165, 1.54) is 12.1 Å². The van der Waals surface area contributed by atoms with E-state index in [1.54, 1.807) is 12.1 Å². The molecule has 1 aromatic heterocycles. The Hall–Kier alpha value is -4.06. The molecule has 5 nitrogen and oxygen atoms in total. The average Bonchev–Trinajstić information content (AvgIpc) is 2.79. The van der Waals surface area contributed by atoms with Crippen molar-refractivity contribution in [3.63, 3.8) is 0 Å². The fraction of sp³-hybridized carbons (Fsp3) is 0.0417. The maximum atomic E-state index is 13.4. The van der Waals surface area contributed by atoms with Crippen LogP contribution in [0.2, 0.25) is 0 Å². The standard InChI is InChI=1S/C24H20FN5/c1-16(17-9-13-21(26)14-10-17)29-30-24-27-22(18-5-3-2-4-6-18)15-23(28-24)19-7-11-20(25)12-8-19/h2-15H,26H2,1H3,(H,27,28,30). The molecule has 0 bridgehead atoms. The third-order valence-electron chi connectivity index (χ3n) is 4.59. The number of hydrazone groups is 1. The Labute approximate surface area is 174 Å². The van der Waals surface area contributed by atoms with Crippen LogP contribution < -0.4 is 11.2 Å². The van der Waals surface area contributed by atoms with Gasteiger partial charge in [0.15, 0.2) is 0 Å². The Morgan fingerprint density at radius 1 is 0.833 bits per heavy atom. The molecule has 0 saturated heterocycles. The van der Waals surface area contributed by atoms with Crippen LogP contribution in [0.4, 0.5) is 16.0 Å². The monoisotopic (exact) mass is 397 g/mol. The Kier molecular flexibility index (Phi) is 5.48. The molecule has 0 radical (unpaired) electrons. The fourth-order valence-corrected chi connectivity index (χ4v) is 2.95. The minimum atomic E-state index is -0.293. The van der Waals surface area contributed by atoms with Crippen molar-refractivity contribution >= 4 is 17.3 Å². The molecule has 1 heterocycles. The first-order chi connectivity index (χ1) is 14.6. The molecule has 0 aliphatic heterocycles. The van der Waals surface area contributed by atoms with Crippen molar-refractivity contribution < 1.29 is 4.39 Å². The summed E-state index contributed by atoms with van der Waals surface area (Å²) in [6.45, 7) is 1.89. The van der Waals surface area contributed by atoms with E-state index in [1.807, 2.05) is 67.6 Å². The first-order valence-electron chi connectivity index (χ1n) is 9.45. The largest absolute Gasteiger partial charge is 0.399 e. The Morgan fingerprint density at radius 3 is 2.07 bits per heavy atom. The van der Waals surface area contributed by atoms with E-state index in [-0.39, 0.29) is 5.82 Å². The molecule has 4 aromatic rings. The van der Waals surface area contributed by atoms with Gasteiger partial charge in [-0.1, -0.05) is 42.5 Å². The minimum Gasteiger partial charge on any atom is -0.399 e. The molecule has 148 valence electrons. The van der Waals surface area contributed by atoms with Gasteiger partial charge in [-0.05, 0) is 55.0 Å². The number of anilines is 2. The topological polar surface area (TPSA) is 76.2 Å². The fourth-order valence-electron chi connectivity index (χ4n) is 2.95. The summed E-state index contributed by atoms with van der Waals surface area (Å²) in [4.78, 5) is 9.17. The van der Waals surface area contributed by atoms with Crippen LogP contribution in [0.1, 0.15) is 12.5 Å². The summed E-state index contributed by atoms with van der Waals surface area (Å²) in [5.41, 5.74) is 14.3. The number of rotatable bonds is 5. The molecular weight excluding hydrogens is 377 g/mol. The van der Waals surface area contributed by atoms with Gasteiger partial charge in [-0.15, -0.1) is 0 Å². The van der Waals surface area contributed by atoms with Gasteiger partial charge in [0.2, 0.25) is 5.95 Å². The molecule has 0 saturated carbocycles. The molecule has 3 N–H and O–H groups in total. The van der Waals surface area contributed by atoms with Crippen molar-refractivity contribution in [1.82, 2.24) is 9.97 Å². The lowest BCUT2D eigenvalue weighted by atomic mass is 10.1. The molecular formula is C24H20FN5. The normalized spacial score (nSPS) is 11.3. The maximum Gasteiger partial charge on any atom is 0.244 e. The lowest BCUT2D eigenvalue weighted by Gasteiger charge is -2.09. The number of benzene rings is 3. The molecule has 0 aliphatic carbocycles. The van der Waals surface area contributed by atoms with Crippen molar-refractivity contribution in [3.05, 3.63) is 96.3 Å². The number of hydrogen-bond acceptors (Lipinski definition) is 5. The van der Waals surface area contributed by atoms with E-state index >= 15 is 0 Å². The Bertz CT molecular complexity index is 1170. The van der Waals surface area contributed by atoms with Crippen LogP contribution in [-0.4, -0.2) is 15.7 Å². The van der Waals surface area contributed by atoms with Gasteiger partial charge in [-0.25, -0.2) is 19.8 Å². The number of nitrogens with one attached hydrogen (secondary N) is 1. The van der Waals surface area contributed by atoms with Gasteiger partial charge in [-0.2, -0.15) is 5.10 Å². The Balaban J connectivity index is 1.71. The van der Waals surface area contributed by atoms with E-state index in [0.29, 0.717) is 17.3 Å². The van der Waals surface area contributed by atoms with Crippen molar-refractivity contribution in [1.29, 1.82) is 0 Å². The second kappa shape index (κ2) is 8.53. The van der Waals surface area contributed by atoms with E-state index in [9.17, 15) is 4.39 Å². The second-order valence-corrected chi connectivity index (χ2v) is 6.77. The Morgan fingerprint density at radius 2 is 1.43 bits per heavy atom. The van der Waals surface area contributed by atoms with E-state index in [0.717, 1.165) is 28.1 Å². The number of halogens is 1. The van der Waals surface area contributed by atoms with Gasteiger partial charge < -0.3 is 5.73 Å². The summed E-state index contributed by atoms with van der Waals surface area (Å²) in [5.74, 6) is 0.0589. The molecule has 0 aliphatic rings. The smallest absolute Gasteiger partial charge is 0.244 e.